The van der Waals surface area contributed by atoms with E-state index in [1.54, 1.807) is 48.5 Å². The molecule has 0 amide bonds. The summed E-state index contributed by atoms with van der Waals surface area (Å²) in [7, 11) is 0. The number of aromatic nitrogens is 4. The Hall–Kier alpha value is -3.45. The van der Waals surface area contributed by atoms with Gasteiger partial charge in [-0.1, -0.05) is 35.0 Å². The third-order valence-corrected chi connectivity index (χ3v) is 4.22. The van der Waals surface area contributed by atoms with Crippen molar-refractivity contribution in [1.29, 1.82) is 0 Å². The second-order valence-corrected chi connectivity index (χ2v) is 6.20. The van der Waals surface area contributed by atoms with Crippen molar-refractivity contribution in [2.45, 2.75) is 6.54 Å². The average molecular weight is 381 g/mol. The van der Waals surface area contributed by atoms with Crippen molar-refractivity contribution in [3.05, 3.63) is 98.6 Å². The van der Waals surface area contributed by atoms with Crippen molar-refractivity contribution in [2.75, 3.05) is 0 Å². The lowest BCUT2D eigenvalue weighted by Crippen LogP contribution is -2.40. The van der Waals surface area contributed by atoms with Crippen LogP contribution in [-0.2, 0) is 6.54 Å². The van der Waals surface area contributed by atoms with Crippen LogP contribution in [0.4, 0.5) is 0 Å². The highest BCUT2D eigenvalue weighted by Crippen LogP contribution is 2.18. The molecule has 0 aliphatic heterocycles. The molecular formula is C19H13ClN4O3. The summed E-state index contributed by atoms with van der Waals surface area (Å²) in [5, 5.41) is 4.51. The Labute approximate surface area is 158 Å². The van der Waals surface area contributed by atoms with Crippen molar-refractivity contribution in [3.63, 3.8) is 0 Å². The van der Waals surface area contributed by atoms with Gasteiger partial charge in [-0.2, -0.15) is 4.98 Å². The zero-order valence-corrected chi connectivity index (χ0v) is 14.7. The van der Waals surface area contributed by atoms with Crippen LogP contribution in [0.15, 0.2) is 81.1 Å². The van der Waals surface area contributed by atoms with Gasteiger partial charge in [0.15, 0.2) is 0 Å². The molecule has 0 unspecified atom stereocenters. The maximum Gasteiger partial charge on any atom is 0.320 e. The summed E-state index contributed by atoms with van der Waals surface area (Å²) in [6.07, 6.45) is 3.05. The molecule has 0 saturated heterocycles. The number of halogens is 1. The van der Waals surface area contributed by atoms with Gasteiger partial charge in [-0.05, 0) is 36.4 Å². The molecule has 0 N–H and O–H groups in total. The van der Waals surface area contributed by atoms with Crippen molar-refractivity contribution in [3.8, 4) is 17.1 Å². The second-order valence-electron chi connectivity index (χ2n) is 5.76. The zero-order chi connectivity index (χ0) is 18.8. The maximum atomic E-state index is 12.4. The first-order chi connectivity index (χ1) is 13.1. The lowest BCUT2D eigenvalue weighted by molar-refractivity contribution is 0.369. The van der Waals surface area contributed by atoms with Gasteiger partial charge < -0.3 is 4.52 Å². The molecule has 8 heteroatoms. The van der Waals surface area contributed by atoms with Crippen molar-refractivity contribution in [2.24, 2.45) is 0 Å². The lowest BCUT2D eigenvalue weighted by Gasteiger charge is -2.07. The normalized spacial score (nSPS) is 10.9. The summed E-state index contributed by atoms with van der Waals surface area (Å²) in [4.78, 5) is 29.1. The van der Waals surface area contributed by atoms with Gasteiger partial charge in [0.2, 0.25) is 11.7 Å². The van der Waals surface area contributed by atoms with Crippen LogP contribution in [-0.4, -0.2) is 19.3 Å². The summed E-state index contributed by atoms with van der Waals surface area (Å²) in [5.41, 5.74) is 0.0320. The molecule has 0 radical (unpaired) electrons. The Balaban J connectivity index is 1.62. The highest BCUT2D eigenvalue weighted by Gasteiger charge is 2.12. The topological polar surface area (TPSA) is 82.9 Å². The predicted octanol–water partition coefficient (Wildman–Crippen LogP) is 2.75. The minimum absolute atomic E-state index is 0.00426. The van der Waals surface area contributed by atoms with E-state index in [4.69, 9.17) is 16.1 Å². The smallest absolute Gasteiger partial charge is 0.320 e. The van der Waals surface area contributed by atoms with Crippen LogP contribution < -0.4 is 11.1 Å². The summed E-state index contributed by atoms with van der Waals surface area (Å²) < 4.78 is 7.73. The predicted molar refractivity (Wildman–Crippen MR) is 100 cm³/mol. The van der Waals surface area contributed by atoms with E-state index in [0.717, 1.165) is 5.56 Å². The Bertz CT molecular complexity index is 1190. The third kappa shape index (κ3) is 3.45. The Kier molecular flexibility index (Phi) is 4.43. The van der Waals surface area contributed by atoms with Gasteiger partial charge in [0, 0.05) is 28.7 Å². The molecule has 134 valence electrons. The number of para-hydroxylation sites is 1. The zero-order valence-electron chi connectivity index (χ0n) is 13.9. The molecule has 27 heavy (non-hydrogen) atoms. The molecule has 4 aromatic rings. The molecule has 2 heterocycles. The minimum atomic E-state index is -0.674. The quantitative estimate of drug-likeness (QED) is 0.508. The first kappa shape index (κ1) is 17.0. The van der Waals surface area contributed by atoms with Crippen molar-refractivity contribution in [1.82, 2.24) is 19.3 Å². The summed E-state index contributed by atoms with van der Waals surface area (Å²) >= 11 is 5.87. The molecule has 0 bridgehead atoms. The fourth-order valence-corrected chi connectivity index (χ4v) is 2.73. The first-order valence-corrected chi connectivity index (χ1v) is 8.46. The van der Waals surface area contributed by atoms with Crippen LogP contribution >= 0.6 is 11.6 Å². The molecule has 0 saturated carbocycles. The van der Waals surface area contributed by atoms with Crippen LogP contribution in [0.5, 0.6) is 0 Å². The fraction of sp³-hybridized carbons (Fsp3) is 0.0526. The van der Waals surface area contributed by atoms with Gasteiger partial charge in [0.25, 0.3) is 0 Å². The molecule has 7 nitrogen and oxygen atoms in total. The molecule has 0 aliphatic rings. The van der Waals surface area contributed by atoms with Gasteiger partial charge in [-0.25, -0.2) is 0 Å². The van der Waals surface area contributed by atoms with E-state index in [1.165, 1.54) is 21.5 Å². The number of hydrogen-bond acceptors (Lipinski definition) is 5. The Morgan fingerprint density at radius 2 is 1.67 bits per heavy atom. The van der Waals surface area contributed by atoms with E-state index in [9.17, 15) is 9.59 Å². The standard InChI is InChI=1S/C19H13ClN4O3/c20-14-8-6-13(7-9-14)17-21-16(27-22-17)12-23-10-11-24(19(26)18(23)25)15-4-2-1-3-5-15/h1-11H,12H2. The fourth-order valence-electron chi connectivity index (χ4n) is 2.61. The van der Waals surface area contributed by atoms with Crippen LogP contribution in [0, 0.1) is 0 Å². The van der Waals surface area contributed by atoms with Gasteiger partial charge in [-0.3, -0.25) is 18.7 Å². The Morgan fingerprint density at radius 3 is 2.41 bits per heavy atom. The van der Waals surface area contributed by atoms with Gasteiger partial charge in [0.05, 0.1) is 0 Å². The van der Waals surface area contributed by atoms with Crippen LogP contribution in [0.25, 0.3) is 17.1 Å². The van der Waals surface area contributed by atoms with Crippen molar-refractivity contribution >= 4 is 11.6 Å². The molecule has 0 aliphatic carbocycles. The lowest BCUT2D eigenvalue weighted by atomic mass is 10.2. The number of nitrogens with zero attached hydrogens (tertiary/aromatic N) is 4. The molecule has 0 fully saturated rings. The van der Waals surface area contributed by atoms with E-state index in [1.807, 2.05) is 6.07 Å². The number of rotatable bonds is 4. The maximum absolute atomic E-state index is 12.4. The summed E-state index contributed by atoms with van der Waals surface area (Å²) in [6.45, 7) is 0.00426. The van der Waals surface area contributed by atoms with E-state index < -0.39 is 11.1 Å². The first-order valence-electron chi connectivity index (χ1n) is 8.08. The number of hydrogen-bond donors (Lipinski definition) is 0. The van der Waals surface area contributed by atoms with Crippen LogP contribution in [0.3, 0.4) is 0 Å². The van der Waals surface area contributed by atoms with E-state index in [2.05, 4.69) is 10.1 Å². The summed E-state index contributed by atoms with van der Waals surface area (Å²) in [5.74, 6) is 0.603. The molecule has 2 aromatic carbocycles. The molecular weight excluding hydrogens is 368 g/mol. The summed E-state index contributed by atoms with van der Waals surface area (Å²) in [6, 6.07) is 15.9. The van der Waals surface area contributed by atoms with Crippen LogP contribution in [0.2, 0.25) is 5.02 Å². The van der Waals surface area contributed by atoms with Gasteiger partial charge >= 0.3 is 11.1 Å². The van der Waals surface area contributed by atoms with E-state index in [-0.39, 0.29) is 12.4 Å². The SMILES string of the molecule is O=c1c(=O)n(-c2ccccc2)ccn1Cc1nc(-c2ccc(Cl)cc2)no1. The monoisotopic (exact) mass is 380 g/mol. The highest BCUT2D eigenvalue weighted by molar-refractivity contribution is 6.30. The van der Waals surface area contributed by atoms with Crippen LogP contribution in [0.1, 0.15) is 5.89 Å². The van der Waals surface area contributed by atoms with E-state index >= 15 is 0 Å². The number of benzene rings is 2. The minimum Gasteiger partial charge on any atom is -0.337 e. The largest absolute Gasteiger partial charge is 0.337 e. The van der Waals surface area contributed by atoms with Gasteiger partial charge in [-0.15, -0.1) is 0 Å². The molecule has 2 aromatic heterocycles. The molecule has 0 atom stereocenters. The average Bonchev–Trinajstić information content (AvgIpc) is 3.15. The van der Waals surface area contributed by atoms with E-state index in [0.29, 0.717) is 16.5 Å². The third-order valence-electron chi connectivity index (χ3n) is 3.97. The Morgan fingerprint density at radius 1 is 0.926 bits per heavy atom. The van der Waals surface area contributed by atoms with Gasteiger partial charge in [0.1, 0.15) is 6.54 Å². The highest BCUT2D eigenvalue weighted by atomic mass is 35.5. The second kappa shape index (κ2) is 7.05. The molecule has 0 spiro atoms. The molecule has 4 rings (SSSR count). The van der Waals surface area contributed by atoms with Crippen molar-refractivity contribution < 1.29 is 4.52 Å².